The van der Waals surface area contributed by atoms with Gasteiger partial charge in [-0.2, -0.15) is 0 Å². The average molecular weight is 285 g/mol. The molecule has 2 heterocycles. The van der Waals surface area contributed by atoms with Crippen molar-refractivity contribution in [3.8, 4) is 0 Å². The van der Waals surface area contributed by atoms with E-state index in [0.29, 0.717) is 11.6 Å². The molecule has 0 saturated carbocycles. The van der Waals surface area contributed by atoms with Crippen LogP contribution < -0.4 is 5.32 Å². The number of furan rings is 1. The van der Waals surface area contributed by atoms with Crippen molar-refractivity contribution in [2.24, 2.45) is 0 Å². The summed E-state index contributed by atoms with van der Waals surface area (Å²) >= 11 is 1.17. The number of ether oxygens (including phenoxy) is 1. The van der Waals surface area contributed by atoms with Crippen molar-refractivity contribution in [2.45, 2.75) is 24.0 Å². The maximum atomic E-state index is 11.6. The maximum Gasteiger partial charge on any atom is 0.371 e. The Bertz CT molecular complexity index is 453. The Hall–Kier alpha value is -1.47. The van der Waals surface area contributed by atoms with Crippen LogP contribution in [0.25, 0.3) is 0 Å². The first-order valence-electron chi connectivity index (χ1n) is 5.99. The number of carbonyl (C=O) groups is 2. The molecule has 0 bridgehead atoms. The highest BCUT2D eigenvalue weighted by Gasteiger charge is 2.16. The van der Waals surface area contributed by atoms with Crippen molar-refractivity contribution in [3.05, 3.63) is 17.9 Å². The summed E-state index contributed by atoms with van der Waals surface area (Å²) < 4.78 is 10.4. The topological polar surface area (TPSA) is 88.8 Å². The van der Waals surface area contributed by atoms with E-state index in [4.69, 9.17) is 14.3 Å². The van der Waals surface area contributed by atoms with Crippen LogP contribution in [0.4, 0.5) is 0 Å². The zero-order chi connectivity index (χ0) is 13.7. The van der Waals surface area contributed by atoms with Gasteiger partial charge in [0.25, 0.3) is 0 Å². The van der Waals surface area contributed by atoms with Gasteiger partial charge in [0.1, 0.15) is 0 Å². The number of amides is 1. The monoisotopic (exact) mass is 285 g/mol. The Labute approximate surface area is 114 Å². The van der Waals surface area contributed by atoms with Crippen LogP contribution in [0.1, 0.15) is 23.4 Å². The van der Waals surface area contributed by atoms with Crippen molar-refractivity contribution < 1.29 is 23.8 Å². The first-order chi connectivity index (χ1) is 9.15. The average Bonchev–Trinajstić information content (AvgIpc) is 3.05. The van der Waals surface area contributed by atoms with Crippen LogP contribution in [-0.2, 0) is 9.53 Å². The SMILES string of the molecule is O=C(CSc1ccc(C(=O)O)o1)NCC1CCCO1. The Morgan fingerprint density at radius 3 is 2.95 bits per heavy atom. The molecule has 0 aromatic carbocycles. The second-order valence-electron chi connectivity index (χ2n) is 4.15. The second kappa shape index (κ2) is 6.63. The van der Waals surface area contributed by atoms with E-state index in [0.717, 1.165) is 19.4 Å². The van der Waals surface area contributed by atoms with Crippen LogP contribution >= 0.6 is 11.8 Å². The van der Waals surface area contributed by atoms with E-state index in [1.54, 1.807) is 6.07 Å². The highest BCUT2D eigenvalue weighted by molar-refractivity contribution is 7.99. The summed E-state index contributed by atoms with van der Waals surface area (Å²) in [4.78, 5) is 22.2. The molecule has 1 aromatic heterocycles. The fourth-order valence-corrected chi connectivity index (χ4v) is 2.42. The lowest BCUT2D eigenvalue weighted by Crippen LogP contribution is -2.32. The van der Waals surface area contributed by atoms with Gasteiger partial charge in [0, 0.05) is 13.2 Å². The van der Waals surface area contributed by atoms with Crippen LogP contribution in [0.3, 0.4) is 0 Å². The molecule has 1 saturated heterocycles. The van der Waals surface area contributed by atoms with Crippen molar-refractivity contribution in [2.75, 3.05) is 18.9 Å². The number of rotatable bonds is 6. The predicted molar refractivity (Wildman–Crippen MR) is 68.4 cm³/mol. The van der Waals surface area contributed by atoms with Gasteiger partial charge in [0.2, 0.25) is 11.7 Å². The zero-order valence-electron chi connectivity index (χ0n) is 10.3. The van der Waals surface area contributed by atoms with Gasteiger partial charge in [0.15, 0.2) is 5.09 Å². The molecule has 1 atom stereocenters. The van der Waals surface area contributed by atoms with E-state index in [1.165, 1.54) is 17.8 Å². The number of carbonyl (C=O) groups excluding carboxylic acids is 1. The summed E-state index contributed by atoms with van der Waals surface area (Å²) in [5.41, 5.74) is 0. The highest BCUT2D eigenvalue weighted by Crippen LogP contribution is 2.20. The summed E-state index contributed by atoms with van der Waals surface area (Å²) in [5.74, 6) is -1.16. The largest absolute Gasteiger partial charge is 0.475 e. The second-order valence-corrected chi connectivity index (χ2v) is 5.13. The van der Waals surface area contributed by atoms with Crippen molar-refractivity contribution in [1.82, 2.24) is 5.32 Å². The summed E-state index contributed by atoms with van der Waals surface area (Å²) in [6, 6.07) is 2.91. The molecule has 0 aliphatic carbocycles. The minimum Gasteiger partial charge on any atom is -0.475 e. The Balaban J connectivity index is 1.68. The van der Waals surface area contributed by atoms with Gasteiger partial charge < -0.3 is 19.6 Å². The Morgan fingerprint density at radius 1 is 1.47 bits per heavy atom. The summed E-state index contributed by atoms with van der Waals surface area (Å²) in [5, 5.41) is 11.9. The van der Waals surface area contributed by atoms with E-state index < -0.39 is 5.97 Å². The summed E-state index contributed by atoms with van der Waals surface area (Å²) in [6.07, 6.45) is 2.14. The fraction of sp³-hybridized carbons (Fsp3) is 0.500. The number of hydrogen-bond donors (Lipinski definition) is 2. The Kier molecular flexibility index (Phi) is 4.86. The molecular formula is C12H15NO5S. The predicted octanol–water partition coefficient (Wildman–Crippen LogP) is 1.37. The van der Waals surface area contributed by atoms with Gasteiger partial charge >= 0.3 is 5.97 Å². The van der Waals surface area contributed by atoms with Gasteiger partial charge in [-0.05, 0) is 25.0 Å². The highest BCUT2D eigenvalue weighted by atomic mass is 32.2. The van der Waals surface area contributed by atoms with Gasteiger partial charge in [-0.25, -0.2) is 4.79 Å². The number of carboxylic acids is 1. The zero-order valence-corrected chi connectivity index (χ0v) is 11.1. The minimum absolute atomic E-state index is 0.117. The molecule has 0 spiro atoms. The van der Waals surface area contributed by atoms with E-state index in [1.807, 2.05) is 0 Å². The van der Waals surface area contributed by atoms with E-state index in [-0.39, 0.29) is 23.5 Å². The molecule has 1 aromatic rings. The van der Waals surface area contributed by atoms with Crippen LogP contribution in [0.2, 0.25) is 0 Å². The summed E-state index contributed by atoms with van der Waals surface area (Å²) in [7, 11) is 0. The van der Waals surface area contributed by atoms with Gasteiger partial charge in [-0.1, -0.05) is 11.8 Å². The normalized spacial score (nSPS) is 18.4. The van der Waals surface area contributed by atoms with E-state index in [2.05, 4.69) is 5.32 Å². The number of carboxylic acid groups (broad SMARTS) is 1. The Morgan fingerprint density at radius 2 is 2.32 bits per heavy atom. The summed E-state index contributed by atoms with van der Waals surface area (Å²) in [6.45, 7) is 1.29. The molecule has 2 N–H and O–H groups in total. The molecule has 1 unspecified atom stereocenters. The molecule has 1 fully saturated rings. The molecule has 19 heavy (non-hydrogen) atoms. The van der Waals surface area contributed by atoms with Gasteiger partial charge in [0.05, 0.1) is 11.9 Å². The van der Waals surface area contributed by atoms with Crippen LogP contribution in [0, 0.1) is 0 Å². The lowest BCUT2D eigenvalue weighted by atomic mass is 10.2. The van der Waals surface area contributed by atoms with Gasteiger partial charge in [-0.15, -0.1) is 0 Å². The van der Waals surface area contributed by atoms with Gasteiger partial charge in [-0.3, -0.25) is 4.79 Å². The minimum atomic E-state index is -1.12. The number of thioether (sulfide) groups is 1. The molecule has 1 aliphatic rings. The molecule has 7 heteroatoms. The molecule has 0 radical (unpaired) electrons. The standard InChI is InChI=1S/C12H15NO5S/c14-10(13-6-8-2-1-5-17-8)7-19-11-4-3-9(18-11)12(15)16/h3-4,8H,1-2,5-7H2,(H,13,14)(H,15,16). The number of aromatic carboxylic acids is 1. The quantitative estimate of drug-likeness (QED) is 0.767. The van der Waals surface area contributed by atoms with Crippen LogP contribution in [0.5, 0.6) is 0 Å². The third kappa shape index (κ3) is 4.29. The fourth-order valence-electron chi connectivity index (χ4n) is 1.73. The molecule has 104 valence electrons. The lowest BCUT2D eigenvalue weighted by molar-refractivity contribution is -0.119. The van der Waals surface area contributed by atoms with Crippen molar-refractivity contribution >= 4 is 23.6 Å². The third-order valence-electron chi connectivity index (χ3n) is 2.69. The van der Waals surface area contributed by atoms with E-state index in [9.17, 15) is 9.59 Å². The van der Waals surface area contributed by atoms with Crippen molar-refractivity contribution in [1.29, 1.82) is 0 Å². The number of hydrogen-bond acceptors (Lipinski definition) is 5. The molecule has 2 rings (SSSR count). The lowest BCUT2D eigenvalue weighted by Gasteiger charge is -2.10. The van der Waals surface area contributed by atoms with Crippen molar-refractivity contribution in [3.63, 3.8) is 0 Å². The van der Waals surface area contributed by atoms with Crippen LogP contribution in [0.15, 0.2) is 21.6 Å². The molecule has 6 nitrogen and oxygen atoms in total. The molecule has 1 aliphatic heterocycles. The third-order valence-corrected chi connectivity index (χ3v) is 3.60. The molecular weight excluding hydrogens is 270 g/mol. The first kappa shape index (κ1) is 14.0. The number of nitrogens with one attached hydrogen (secondary N) is 1. The smallest absolute Gasteiger partial charge is 0.371 e. The van der Waals surface area contributed by atoms with E-state index >= 15 is 0 Å². The maximum absolute atomic E-state index is 11.6. The first-order valence-corrected chi connectivity index (χ1v) is 6.98. The molecule has 1 amide bonds. The van der Waals surface area contributed by atoms with Crippen LogP contribution in [-0.4, -0.2) is 42.0 Å².